The Morgan fingerprint density at radius 3 is 2.53 bits per heavy atom. The lowest BCUT2D eigenvalue weighted by Crippen LogP contribution is -2.32. The van der Waals surface area contributed by atoms with Gasteiger partial charge in [0.1, 0.15) is 5.75 Å². The fraction of sp³-hybridized carbons (Fsp3) is 0.667. The molecule has 2 aliphatic carbocycles. The summed E-state index contributed by atoms with van der Waals surface area (Å²) >= 11 is 0. The zero-order valence-electron chi connectivity index (χ0n) is 19.4. The molecule has 0 heterocycles. The van der Waals surface area contributed by atoms with Crippen LogP contribution >= 0.6 is 24.0 Å². The number of benzene rings is 1. The number of hydrogen-bond donors (Lipinski definition) is 3. The molecule has 3 rings (SSSR count). The van der Waals surface area contributed by atoms with Gasteiger partial charge in [-0.25, -0.2) is 0 Å². The maximum absolute atomic E-state index is 11.8. The van der Waals surface area contributed by atoms with Crippen molar-refractivity contribution in [3.8, 4) is 5.75 Å². The highest BCUT2D eigenvalue weighted by molar-refractivity contribution is 14.0. The Hall–Kier alpha value is -1.55. The molecule has 1 amide bonds. The van der Waals surface area contributed by atoms with Gasteiger partial charge in [0.05, 0.1) is 6.10 Å². The molecule has 0 aliphatic heterocycles. The maximum atomic E-state index is 11.8. The van der Waals surface area contributed by atoms with Crippen molar-refractivity contribution >= 4 is 41.5 Å². The number of carbonyl (C=O) groups excluding carboxylic acids is 1. The van der Waals surface area contributed by atoms with Crippen molar-refractivity contribution in [2.24, 2.45) is 10.9 Å². The lowest BCUT2D eigenvalue weighted by Gasteiger charge is -2.14. The minimum atomic E-state index is 0. The van der Waals surface area contributed by atoms with Gasteiger partial charge in [-0.3, -0.25) is 9.79 Å². The third-order valence-electron chi connectivity index (χ3n) is 5.07. The molecule has 0 atom stereocenters. The van der Waals surface area contributed by atoms with Gasteiger partial charge >= 0.3 is 0 Å². The summed E-state index contributed by atoms with van der Waals surface area (Å²) in [6, 6.07) is 8.29. The Bertz CT molecular complexity index is 704. The first kappa shape index (κ1) is 26.7. The molecule has 0 spiro atoms. The van der Waals surface area contributed by atoms with Crippen LogP contribution in [-0.2, 0) is 9.53 Å². The molecule has 32 heavy (non-hydrogen) atoms. The normalized spacial score (nSPS) is 15.8. The molecule has 0 bridgehead atoms. The number of nitrogens with one attached hydrogen (secondary N) is 3. The van der Waals surface area contributed by atoms with Gasteiger partial charge in [0.25, 0.3) is 0 Å². The van der Waals surface area contributed by atoms with E-state index in [9.17, 15) is 4.79 Å². The fourth-order valence-electron chi connectivity index (χ4n) is 3.04. The SMILES string of the molecule is CC(C)Oc1ccc(NC(=NCCCC(=O)NC2CC2)NCCCOCC2CC2)cc1.I. The van der Waals surface area contributed by atoms with Crippen molar-refractivity contribution in [2.45, 2.75) is 70.9 Å². The van der Waals surface area contributed by atoms with Gasteiger partial charge in [-0.2, -0.15) is 0 Å². The predicted octanol–water partition coefficient (Wildman–Crippen LogP) is 4.32. The summed E-state index contributed by atoms with van der Waals surface area (Å²) in [5.41, 5.74) is 0.943. The van der Waals surface area contributed by atoms with Crippen LogP contribution in [0.1, 0.15) is 58.8 Å². The van der Waals surface area contributed by atoms with E-state index in [1.165, 1.54) is 12.8 Å². The highest BCUT2D eigenvalue weighted by atomic mass is 127. The zero-order chi connectivity index (χ0) is 21.9. The number of guanidine groups is 1. The average molecular weight is 559 g/mol. The molecule has 8 heteroatoms. The van der Waals surface area contributed by atoms with E-state index in [-0.39, 0.29) is 36.0 Å². The van der Waals surface area contributed by atoms with Crippen molar-refractivity contribution in [2.75, 3.05) is 31.6 Å². The summed E-state index contributed by atoms with van der Waals surface area (Å²) in [6.07, 6.45) is 7.20. The minimum Gasteiger partial charge on any atom is -0.491 e. The lowest BCUT2D eigenvalue weighted by molar-refractivity contribution is -0.121. The molecule has 7 nitrogen and oxygen atoms in total. The standard InChI is InChI=1S/C24H38N4O3.HI/c1-18(2)31-22-12-10-21(11-13-22)28-24(26-15-4-16-30-17-19-6-7-19)25-14-3-5-23(29)27-20-8-9-20;/h10-13,18-20H,3-9,14-17H2,1-2H3,(H,27,29)(H2,25,26,28);1H. The highest BCUT2D eigenvalue weighted by Crippen LogP contribution is 2.28. The smallest absolute Gasteiger partial charge is 0.220 e. The Labute approximate surface area is 209 Å². The second-order valence-corrected chi connectivity index (χ2v) is 8.79. The minimum absolute atomic E-state index is 0. The van der Waals surface area contributed by atoms with E-state index in [1.807, 2.05) is 38.1 Å². The molecule has 1 aromatic rings. The van der Waals surface area contributed by atoms with Crippen LogP contribution in [0.25, 0.3) is 0 Å². The van der Waals surface area contributed by atoms with Crippen molar-refractivity contribution in [1.82, 2.24) is 10.6 Å². The molecule has 0 saturated heterocycles. The second-order valence-electron chi connectivity index (χ2n) is 8.79. The van der Waals surface area contributed by atoms with Crippen LogP contribution in [0.4, 0.5) is 5.69 Å². The quantitative estimate of drug-likeness (QED) is 0.137. The monoisotopic (exact) mass is 558 g/mol. The molecule has 0 unspecified atom stereocenters. The Kier molecular flexibility index (Phi) is 12.2. The molecule has 0 aromatic heterocycles. The number of anilines is 1. The van der Waals surface area contributed by atoms with E-state index in [1.54, 1.807) is 0 Å². The molecule has 2 saturated carbocycles. The van der Waals surface area contributed by atoms with E-state index in [2.05, 4.69) is 20.9 Å². The van der Waals surface area contributed by atoms with Crippen molar-refractivity contribution in [3.63, 3.8) is 0 Å². The van der Waals surface area contributed by atoms with Crippen LogP contribution < -0.4 is 20.7 Å². The first-order chi connectivity index (χ1) is 15.1. The Balaban J connectivity index is 0.00000363. The summed E-state index contributed by atoms with van der Waals surface area (Å²) in [5.74, 6) is 2.50. The Morgan fingerprint density at radius 2 is 1.88 bits per heavy atom. The summed E-state index contributed by atoms with van der Waals surface area (Å²) in [5, 5.41) is 9.75. The van der Waals surface area contributed by atoms with Gasteiger partial charge in [-0.1, -0.05) is 0 Å². The molecular weight excluding hydrogens is 519 g/mol. The van der Waals surface area contributed by atoms with Gasteiger partial charge in [0, 0.05) is 44.5 Å². The van der Waals surface area contributed by atoms with E-state index in [0.717, 1.165) is 68.8 Å². The van der Waals surface area contributed by atoms with Gasteiger partial charge < -0.3 is 25.4 Å². The molecular formula is C24H39IN4O3. The number of halogens is 1. The summed E-state index contributed by atoms with van der Waals surface area (Å²) in [7, 11) is 0. The van der Waals surface area contributed by atoms with E-state index in [0.29, 0.717) is 19.0 Å². The van der Waals surface area contributed by atoms with Crippen LogP contribution in [-0.4, -0.2) is 50.3 Å². The topological polar surface area (TPSA) is 84.0 Å². The first-order valence-corrected chi connectivity index (χ1v) is 11.8. The zero-order valence-corrected chi connectivity index (χ0v) is 21.7. The third kappa shape index (κ3) is 11.9. The number of amides is 1. The second kappa shape index (κ2) is 14.6. The van der Waals surface area contributed by atoms with Crippen LogP contribution in [0.5, 0.6) is 5.75 Å². The van der Waals surface area contributed by atoms with Crippen molar-refractivity contribution in [3.05, 3.63) is 24.3 Å². The summed E-state index contributed by atoms with van der Waals surface area (Å²) in [6.45, 7) is 7.07. The Morgan fingerprint density at radius 1 is 1.12 bits per heavy atom. The molecule has 2 fully saturated rings. The van der Waals surface area contributed by atoms with E-state index >= 15 is 0 Å². The van der Waals surface area contributed by atoms with Gasteiger partial charge in [0.2, 0.25) is 5.91 Å². The predicted molar refractivity (Wildman–Crippen MR) is 140 cm³/mol. The fourth-order valence-corrected chi connectivity index (χ4v) is 3.04. The van der Waals surface area contributed by atoms with Gasteiger partial charge in [0.15, 0.2) is 5.96 Å². The highest BCUT2D eigenvalue weighted by Gasteiger charge is 2.22. The van der Waals surface area contributed by atoms with Crippen molar-refractivity contribution < 1.29 is 14.3 Å². The lowest BCUT2D eigenvalue weighted by atomic mass is 10.3. The number of ether oxygens (including phenoxy) is 2. The number of aliphatic imine (C=N–C) groups is 1. The number of rotatable bonds is 14. The summed E-state index contributed by atoms with van der Waals surface area (Å²) in [4.78, 5) is 16.5. The van der Waals surface area contributed by atoms with Crippen LogP contribution in [0.15, 0.2) is 29.3 Å². The van der Waals surface area contributed by atoms with Crippen LogP contribution in [0.3, 0.4) is 0 Å². The largest absolute Gasteiger partial charge is 0.491 e. The molecule has 0 radical (unpaired) electrons. The van der Waals surface area contributed by atoms with Crippen molar-refractivity contribution in [1.29, 1.82) is 0 Å². The first-order valence-electron chi connectivity index (χ1n) is 11.8. The van der Waals surface area contributed by atoms with Crippen LogP contribution in [0.2, 0.25) is 0 Å². The number of nitrogens with zero attached hydrogens (tertiary/aromatic N) is 1. The summed E-state index contributed by atoms with van der Waals surface area (Å²) < 4.78 is 11.4. The number of carbonyl (C=O) groups is 1. The van der Waals surface area contributed by atoms with Crippen LogP contribution in [0, 0.1) is 5.92 Å². The van der Waals surface area contributed by atoms with E-state index < -0.39 is 0 Å². The average Bonchev–Trinajstić information content (AvgIpc) is 3.65. The van der Waals surface area contributed by atoms with Gasteiger partial charge in [-0.15, -0.1) is 24.0 Å². The molecule has 3 N–H and O–H groups in total. The molecule has 180 valence electrons. The van der Waals surface area contributed by atoms with Gasteiger partial charge in [-0.05, 0) is 82.6 Å². The maximum Gasteiger partial charge on any atom is 0.220 e. The molecule has 1 aromatic carbocycles. The third-order valence-corrected chi connectivity index (χ3v) is 5.07. The van der Waals surface area contributed by atoms with E-state index in [4.69, 9.17) is 9.47 Å². The number of hydrogen-bond acceptors (Lipinski definition) is 4. The molecule has 2 aliphatic rings.